The van der Waals surface area contributed by atoms with Gasteiger partial charge >= 0.3 is 0 Å². The van der Waals surface area contributed by atoms with Crippen LogP contribution in [0, 0.1) is 0 Å². The van der Waals surface area contributed by atoms with E-state index < -0.39 is 10.0 Å². The molecule has 0 atom stereocenters. The number of piperazine rings is 1. The average Bonchev–Trinajstić information content (AvgIpc) is 3.36. The molecule has 2 fully saturated rings. The summed E-state index contributed by atoms with van der Waals surface area (Å²) in [5.41, 5.74) is 0. The van der Waals surface area contributed by atoms with E-state index in [1.165, 1.54) is 17.1 Å². The molecule has 174 valence electrons. The fraction of sp³-hybridized carbons (Fsp3) is 0.545. The van der Waals surface area contributed by atoms with Crippen LogP contribution >= 0.6 is 0 Å². The lowest BCUT2D eigenvalue weighted by atomic mass is 10.3. The Kier molecular flexibility index (Phi) is 7.00. The lowest BCUT2D eigenvalue weighted by Crippen LogP contribution is -2.49. The molecule has 2 aromatic rings. The number of rotatable bonds is 8. The molecule has 0 saturated carbocycles. The van der Waals surface area contributed by atoms with Crippen molar-refractivity contribution in [2.75, 3.05) is 62.3 Å². The largest absolute Gasteiger partial charge is 0.494 e. The number of anilines is 2. The third-order valence-corrected chi connectivity index (χ3v) is 7.64. The van der Waals surface area contributed by atoms with Crippen molar-refractivity contribution < 1.29 is 17.9 Å². The Morgan fingerprint density at radius 3 is 2.31 bits per heavy atom. The van der Waals surface area contributed by atoms with Crippen LogP contribution in [0.15, 0.2) is 35.4 Å². The molecule has 10 heteroatoms. The third kappa shape index (κ3) is 4.75. The Hall–Kier alpha value is -2.59. The molecule has 0 bridgehead atoms. The molecule has 32 heavy (non-hydrogen) atoms. The van der Waals surface area contributed by atoms with Crippen LogP contribution in [0.3, 0.4) is 0 Å². The summed E-state index contributed by atoms with van der Waals surface area (Å²) in [6.45, 7) is 8.38. The minimum absolute atomic E-state index is 0.150. The monoisotopic (exact) mass is 461 g/mol. The van der Waals surface area contributed by atoms with Gasteiger partial charge in [-0.2, -0.15) is 9.29 Å². The summed E-state index contributed by atoms with van der Waals surface area (Å²) in [4.78, 5) is 13.6. The van der Waals surface area contributed by atoms with E-state index >= 15 is 0 Å². The van der Waals surface area contributed by atoms with Crippen molar-refractivity contribution in [3.05, 3.63) is 30.5 Å². The first-order chi connectivity index (χ1) is 15.5. The Morgan fingerprint density at radius 2 is 1.62 bits per heavy atom. The number of nitrogens with zero attached hydrogens (tertiary/aromatic N) is 5. The standard InChI is InChI=1S/C22H31N5O4S/c1-3-30-18-7-8-19(31-4-2)20(17-18)32(28,29)27-15-13-25(14-16-27)21-9-10-23-22(24-21)26-11-5-6-12-26/h7-10,17H,3-6,11-16H2,1-2H3. The van der Waals surface area contributed by atoms with Gasteiger partial charge in [0.15, 0.2) is 0 Å². The predicted molar refractivity (Wildman–Crippen MR) is 123 cm³/mol. The Balaban J connectivity index is 1.49. The molecule has 2 saturated heterocycles. The Morgan fingerprint density at radius 1 is 0.906 bits per heavy atom. The second-order valence-corrected chi connectivity index (χ2v) is 9.68. The van der Waals surface area contributed by atoms with Gasteiger partial charge in [-0.25, -0.2) is 13.4 Å². The molecule has 1 aromatic heterocycles. The van der Waals surface area contributed by atoms with E-state index in [1.807, 2.05) is 19.9 Å². The van der Waals surface area contributed by atoms with Gasteiger partial charge in [-0.05, 0) is 44.9 Å². The van der Waals surface area contributed by atoms with Crippen LogP contribution in [0.5, 0.6) is 11.5 Å². The quantitative estimate of drug-likeness (QED) is 0.592. The zero-order valence-electron chi connectivity index (χ0n) is 18.7. The number of ether oxygens (including phenoxy) is 2. The second-order valence-electron chi connectivity index (χ2n) is 7.77. The first-order valence-electron chi connectivity index (χ1n) is 11.3. The molecule has 0 unspecified atom stereocenters. The zero-order valence-corrected chi connectivity index (χ0v) is 19.6. The van der Waals surface area contributed by atoms with E-state index in [2.05, 4.69) is 14.8 Å². The summed E-state index contributed by atoms with van der Waals surface area (Å²) in [6.07, 6.45) is 4.11. The third-order valence-electron chi connectivity index (χ3n) is 5.72. The van der Waals surface area contributed by atoms with E-state index in [4.69, 9.17) is 14.5 Å². The number of sulfonamides is 1. The fourth-order valence-corrected chi connectivity index (χ4v) is 5.67. The molecule has 2 aliphatic rings. The Labute approximate surface area is 190 Å². The van der Waals surface area contributed by atoms with Gasteiger partial charge in [-0.15, -0.1) is 0 Å². The van der Waals surface area contributed by atoms with Crippen molar-refractivity contribution in [3.8, 4) is 11.5 Å². The fourth-order valence-electron chi connectivity index (χ4n) is 4.10. The van der Waals surface area contributed by atoms with Crippen LogP contribution < -0.4 is 19.3 Å². The van der Waals surface area contributed by atoms with Crippen LogP contribution in [0.2, 0.25) is 0 Å². The van der Waals surface area contributed by atoms with Gasteiger partial charge in [-0.1, -0.05) is 0 Å². The van der Waals surface area contributed by atoms with Crippen molar-refractivity contribution >= 4 is 21.8 Å². The maximum atomic E-state index is 13.5. The molecule has 9 nitrogen and oxygen atoms in total. The van der Waals surface area contributed by atoms with Crippen molar-refractivity contribution in [2.24, 2.45) is 0 Å². The molecule has 0 N–H and O–H groups in total. The summed E-state index contributed by atoms with van der Waals surface area (Å²) in [7, 11) is -3.72. The zero-order chi connectivity index (χ0) is 22.6. The SMILES string of the molecule is CCOc1ccc(OCC)c(S(=O)(=O)N2CCN(c3ccnc(N4CCCC4)n3)CC2)c1. The maximum Gasteiger partial charge on any atom is 0.247 e. The molecule has 2 aliphatic heterocycles. The average molecular weight is 462 g/mol. The number of aromatic nitrogens is 2. The smallest absolute Gasteiger partial charge is 0.247 e. The normalized spacial score (nSPS) is 17.6. The summed E-state index contributed by atoms with van der Waals surface area (Å²) in [5, 5.41) is 0. The highest BCUT2D eigenvalue weighted by atomic mass is 32.2. The second kappa shape index (κ2) is 9.91. The van der Waals surface area contributed by atoms with E-state index in [0.29, 0.717) is 50.9 Å². The van der Waals surface area contributed by atoms with E-state index in [1.54, 1.807) is 24.4 Å². The first-order valence-corrected chi connectivity index (χ1v) is 12.7. The molecular formula is C22H31N5O4S. The summed E-state index contributed by atoms with van der Waals surface area (Å²) in [6, 6.07) is 6.85. The summed E-state index contributed by atoms with van der Waals surface area (Å²) < 4.78 is 39.5. The highest BCUT2D eigenvalue weighted by Gasteiger charge is 2.32. The first kappa shape index (κ1) is 22.6. The van der Waals surface area contributed by atoms with Crippen LogP contribution in [-0.2, 0) is 10.0 Å². The van der Waals surface area contributed by atoms with Crippen LogP contribution in [0.25, 0.3) is 0 Å². The van der Waals surface area contributed by atoms with Crippen LogP contribution in [-0.4, -0.2) is 75.2 Å². The molecular weight excluding hydrogens is 430 g/mol. The van der Waals surface area contributed by atoms with Gasteiger partial charge in [0.2, 0.25) is 16.0 Å². The van der Waals surface area contributed by atoms with Crippen molar-refractivity contribution in [1.29, 1.82) is 0 Å². The van der Waals surface area contributed by atoms with Gasteiger partial charge in [0, 0.05) is 51.5 Å². The lowest BCUT2D eigenvalue weighted by Gasteiger charge is -2.35. The van der Waals surface area contributed by atoms with E-state index in [9.17, 15) is 8.42 Å². The summed E-state index contributed by atoms with van der Waals surface area (Å²) >= 11 is 0. The van der Waals surface area contributed by atoms with Gasteiger partial charge in [0.05, 0.1) is 13.2 Å². The minimum Gasteiger partial charge on any atom is -0.494 e. The predicted octanol–water partition coefficient (Wildman–Crippen LogP) is 2.39. The Bertz CT molecular complexity index is 1020. The molecule has 0 spiro atoms. The number of hydrogen-bond acceptors (Lipinski definition) is 8. The number of hydrogen-bond donors (Lipinski definition) is 0. The highest BCUT2D eigenvalue weighted by molar-refractivity contribution is 7.89. The van der Waals surface area contributed by atoms with Crippen molar-refractivity contribution in [3.63, 3.8) is 0 Å². The number of benzene rings is 1. The lowest BCUT2D eigenvalue weighted by molar-refractivity contribution is 0.319. The van der Waals surface area contributed by atoms with Crippen molar-refractivity contribution in [2.45, 2.75) is 31.6 Å². The molecule has 0 aliphatic carbocycles. The molecule has 4 rings (SSSR count). The highest BCUT2D eigenvalue weighted by Crippen LogP contribution is 2.32. The minimum atomic E-state index is -3.72. The van der Waals surface area contributed by atoms with Gasteiger partial charge < -0.3 is 19.3 Å². The molecule has 0 radical (unpaired) electrons. The van der Waals surface area contributed by atoms with Gasteiger partial charge in [-0.3, -0.25) is 0 Å². The van der Waals surface area contributed by atoms with Crippen molar-refractivity contribution in [1.82, 2.24) is 14.3 Å². The molecule has 0 amide bonds. The van der Waals surface area contributed by atoms with E-state index in [0.717, 1.165) is 24.9 Å². The van der Waals surface area contributed by atoms with Crippen LogP contribution in [0.1, 0.15) is 26.7 Å². The molecule has 3 heterocycles. The maximum absolute atomic E-state index is 13.5. The topological polar surface area (TPSA) is 88.1 Å². The van der Waals surface area contributed by atoms with Gasteiger partial charge in [0.1, 0.15) is 22.2 Å². The van der Waals surface area contributed by atoms with Gasteiger partial charge in [0.25, 0.3) is 0 Å². The summed E-state index contributed by atoms with van der Waals surface area (Å²) in [5.74, 6) is 2.46. The molecule has 1 aromatic carbocycles. The van der Waals surface area contributed by atoms with Crippen LogP contribution in [0.4, 0.5) is 11.8 Å². The van der Waals surface area contributed by atoms with E-state index in [-0.39, 0.29) is 4.90 Å².